The Morgan fingerprint density at radius 3 is 2.66 bits per heavy atom. The second-order valence-corrected chi connectivity index (χ2v) is 8.64. The maximum atomic E-state index is 13.1. The Morgan fingerprint density at radius 1 is 1.03 bits per heavy atom. The third-order valence-electron chi connectivity index (χ3n) is 6.31. The molecule has 1 amide bonds. The summed E-state index contributed by atoms with van der Waals surface area (Å²) in [4.78, 5) is 17.2. The first-order valence-electron chi connectivity index (χ1n) is 11.8. The van der Waals surface area contributed by atoms with Gasteiger partial charge in [-0.15, -0.1) is 0 Å². The van der Waals surface area contributed by atoms with Crippen molar-refractivity contribution in [1.82, 2.24) is 20.1 Å². The molecule has 35 heavy (non-hydrogen) atoms. The molecular weight excluding hydrogens is 440 g/mol. The van der Waals surface area contributed by atoms with E-state index < -0.39 is 0 Å². The SMILES string of the molecule is COc1cc(CNC(=O)c2nn(-c3ccccc3C)c3c2CCC3)ccc1OCc1ccncc1. The van der Waals surface area contributed by atoms with E-state index in [9.17, 15) is 4.79 Å². The molecule has 0 bridgehead atoms. The number of hydrogen-bond donors (Lipinski definition) is 1. The van der Waals surface area contributed by atoms with E-state index in [0.717, 1.165) is 52.9 Å². The van der Waals surface area contributed by atoms with E-state index >= 15 is 0 Å². The number of benzene rings is 2. The lowest BCUT2D eigenvalue weighted by molar-refractivity contribution is 0.0944. The number of nitrogens with zero attached hydrogens (tertiary/aromatic N) is 3. The lowest BCUT2D eigenvalue weighted by atomic mass is 10.1. The van der Waals surface area contributed by atoms with E-state index in [1.807, 2.05) is 53.2 Å². The number of pyridine rings is 1. The molecule has 2 heterocycles. The van der Waals surface area contributed by atoms with Gasteiger partial charge in [-0.25, -0.2) is 4.68 Å². The van der Waals surface area contributed by atoms with Crippen LogP contribution in [0.25, 0.3) is 5.69 Å². The summed E-state index contributed by atoms with van der Waals surface area (Å²) in [7, 11) is 1.61. The van der Waals surface area contributed by atoms with Crippen molar-refractivity contribution in [3.63, 3.8) is 0 Å². The predicted molar refractivity (Wildman–Crippen MR) is 133 cm³/mol. The van der Waals surface area contributed by atoms with Crippen LogP contribution in [-0.2, 0) is 26.0 Å². The minimum Gasteiger partial charge on any atom is -0.493 e. The molecule has 5 rings (SSSR count). The number of carbonyl (C=O) groups is 1. The topological polar surface area (TPSA) is 78.3 Å². The summed E-state index contributed by atoms with van der Waals surface area (Å²) in [5.74, 6) is 1.11. The molecule has 2 aromatic carbocycles. The van der Waals surface area contributed by atoms with Gasteiger partial charge in [0, 0.05) is 30.2 Å². The van der Waals surface area contributed by atoms with Crippen LogP contribution in [-0.4, -0.2) is 27.8 Å². The fourth-order valence-electron chi connectivity index (χ4n) is 4.47. The molecule has 178 valence electrons. The lowest BCUT2D eigenvalue weighted by Crippen LogP contribution is -2.24. The average Bonchev–Trinajstić information content (AvgIpc) is 3.50. The van der Waals surface area contributed by atoms with Crippen LogP contribution in [0.5, 0.6) is 11.5 Å². The monoisotopic (exact) mass is 468 g/mol. The van der Waals surface area contributed by atoms with Crippen LogP contribution in [0.4, 0.5) is 0 Å². The molecule has 4 aromatic rings. The fourth-order valence-corrected chi connectivity index (χ4v) is 4.47. The highest BCUT2D eigenvalue weighted by Crippen LogP contribution is 2.30. The van der Waals surface area contributed by atoms with Crippen molar-refractivity contribution in [3.05, 3.63) is 101 Å². The maximum Gasteiger partial charge on any atom is 0.272 e. The number of carbonyl (C=O) groups excluding carboxylic acids is 1. The number of aromatic nitrogens is 3. The third kappa shape index (κ3) is 4.75. The molecule has 0 unspecified atom stereocenters. The van der Waals surface area contributed by atoms with Crippen molar-refractivity contribution in [2.24, 2.45) is 0 Å². The van der Waals surface area contributed by atoms with Gasteiger partial charge in [0.25, 0.3) is 5.91 Å². The zero-order valence-electron chi connectivity index (χ0n) is 20.0. The van der Waals surface area contributed by atoms with Gasteiger partial charge >= 0.3 is 0 Å². The van der Waals surface area contributed by atoms with Crippen molar-refractivity contribution in [2.75, 3.05) is 7.11 Å². The molecule has 0 radical (unpaired) electrons. The van der Waals surface area contributed by atoms with Crippen molar-refractivity contribution in [3.8, 4) is 17.2 Å². The van der Waals surface area contributed by atoms with Gasteiger partial charge in [-0.2, -0.15) is 5.10 Å². The molecule has 0 saturated heterocycles. The number of amides is 1. The first kappa shape index (κ1) is 22.7. The summed E-state index contributed by atoms with van der Waals surface area (Å²) in [5, 5.41) is 7.77. The molecule has 7 heteroatoms. The highest BCUT2D eigenvalue weighted by molar-refractivity contribution is 5.94. The van der Waals surface area contributed by atoms with Crippen molar-refractivity contribution in [2.45, 2.75) is 39.3 Å². The Hall–Kier alpha value is -4.13. The largest absolute Gasteiger partial charge is 0.493 e. The minimum absolute atomic E-state index is 0.160. The Labute approximate surface area is 204 Å². The quantitative estimate of drug-likeness (QED) is 0.410. The number of nitrogens with one attached hydrogen (secondary N) is 1. The Bertz CT molecular complexity index is 1350. The molecular formula is C28H28N4O3. The molecule has 0 atom stereocenters. The molecule has 1 aliphatic rings. The van der Waals surface area contributed by atoms with Gasteiger partial charge in [0.1, 0.15) is 6.61 Å². The smallest absolute Gasteiger partial charge is 0.272 e. The molecule has 0 fully saturated rings. The highest BCUT2D eigenvalue weighted by atomic mass is 16.5. The molecule has 7 nitrogen and oxygen atoms in total. The zero-order valence-corrected chi connectivity index (χ0v) is 20.0. The number of hydrogen-bond acceptors (Lipinski definition) is 5. The zero-order chi connectivity index (χ0) is 24.2. The van der Waals surface area contributed by atoms with Gasteiger partial charge in [0.05, 0.1) is 12.8 Å². The number of rotatable bonds is 8. The van der Waals surface area contributed by atoms with Crippen molar-refractivity contribution < 1.29 is 14.3 Å². The van der Waals surface area contributed by atoms with Crippen LogP contribution in [0, 0.1) is 6.92 Å². The lowest BCUT2D eigenvalue weighted by Gasteiger charge is -2.13. The molecule has 0 spiro atoms. The van der Waals surface area contributed by atoms with Crippen molar-refractivity contribution >= 4 is 5.91 Å². The number of methoxy groups -OCH3 is 1. The summed E-state index contributed by atoms with van der Waals surface area (Å²) in [5.41, 5.74) is 6.82. The summed E-state index contributed by atoms with van der Waals surface area (Å²) in [6, 6.07) is 17.6. The Morgan fingerprint density at radius 2 is 1.86 bits per heavy atom. The molecule has 1 N–H and O–H groups in total. The molecule has 0 saturated carbocycles. The first-order valence-corrected chi connectivity index (χ1v) is 11.8. The van der Waals surface area contributed by atoms with E-state index in [1.54, 1.807) is 19.5 Å². The number of fused-ring (bicyclic) bond motifs is 1. The normalized spacial score (nSPS) is 12.3. The van der Waals surface area contributed by atoms with E-state index in [4.69, 9.17) is 14.6 Å². The summed E-state index contributed by atoms with van der Waals surface area (Å²) < 4.78 is 13.4. The summed E-state index contributed by atoms with van der Waals surface area (Å²) in [6.45, 7) is 2.85. The van der Waals surface area contributed by atoms with E-state index in [1.165, 1.54) is 0 Å². The number of ether oxygens (including phenoxy) is 2. The van der Waals surface area contributed by atoms with Crippen LogP contribution >= 0.6 is 0 Å². The predicted octanol–water partition coefficient (Wildman–Crippen LogP) is 4.58. The maximum absolute atomic E-state index is 13.1. The van der Waals surface area contributed by atoms with E-state index in [2.05, 4.69) is 23.3 Å². The standard InChI is InChI=1S/C28H28N4O3/c1-19-6-3-4-8-23(19)32-24-9-5-7-22(24)27(31-32)28(33)30-17-21-10-11-25(26(16-21)34-2)35-18-20-12-14-29-15-13-20/h3-4,6,8,10-16H,5,7,9,17-18H2,1-2H3,(H,30,33). The summed E-state index contributed by atoms with van der Waals surface area (Å²) in [6.07, 6.45) is 6.32. The molecule has 2 aromatic heterocycles. The van der Waals surface area contributed by atoms with Crippen LogP contribution in [0.3, 0.4) is 0 Å². The Balaban J connectivity index is 1.29. The second kappa shape index (κ2) is 10.0. The van der Waals surface area contributed by atoms with E-state index in [-0.39, 0.29) is 5.91 Å². The number of para-hydroxylation sites is 1. The van der Waals surface area contributed by atoms with Crippen LogP contribution in [0.2, 0.25) is 0 Å². The van der Waals surface area contributed by atoms with Gasteiger partial charge < -0.3 is 14.8 Å². The van der Waals surface area contributed by atoms with Gasteiger partial charge in [0.2, 0.25) is 0 Å². The summed E-state index contributed by atoms with van der Waals surface area (Å²) >= 11 is 0. The fraction of sp³-hybridized carbons (Fsp3) is 0.250. The molecule has 0 aliphatic heterocycles. The van der Waals surface area contributed by atoms with E-state index in [0.29, 0.717) is 30.3 Å². The van der Waals surface area contributed by atoms with Crippen molar-refractivity contribution in [1.29, 1.82) is 0 Å². The Kier molecular flexibility index (Phi) is 6.48. The second-order valence-electron chi connectivity index (χ2n) is 8.64. The van der Waals surface area contributed by atoms with Gasteiger partial charge in [-0.3, -0.25) is 9.78 Å². The first-order chi connectivity index (χ1) is 17.1. The molecule has 1 aliphatic carbocycles. The van der Waals surface area contributed by atoms with Gasteiger partial charge in [-0.1, -0.05) is 24.3 Å². The minimum atomic E-state index is -0.160. The third-order valence-corrected chi connectivity index (χ3v) is 6.31. The van der Waals surface area contributed by atoms with Gasteiger partial charge in [0.15, 0.2) is 17.2 Å². The average molecular weight is 469 g/mol. The van der Waals surface area contributed by atoms with Crippen LogP contribution in [0.15, 0.2) is 67.0 Å². The number of aryl methyl sites for hydroxylation is 1. The van der Waals surface area contributed by atoms with Gasteiger partial charge in [-0.05, 0) is 73.2 Å². The van der Waals surface area contributed by atoms with Crippen LogP contribution < -0.4 is 14.8 Å². The highest BCUT2D eigenvalue weighted by Gasteiger charge is 2.27. The van der Waals surface area contributed by atoms with Crippen LogP contribution in [0.1, 0.15) is 44.9 Å².